The minimum Gasteiger partial charge on any atom is -0.366 e. The number of nitrogens with zero attached hydrogens (tertiary/aromatic N) is 3. The number of anilines is 1. The van der Waals surface area contributed by atoms with Crippen LogP contribution in [-0.2, 0) is 12.8 Å². The minimum atomic E-state index is 0.222. The standard InChI is InChI=1S/C14H12ClN5/c15-14-18-12(11-7-16-20-13(11)19-14)17-10-5-8-3-1-2-4-9(8)6-10/h1-4,7,10H,5-6H2,(H2,16,17,18,19,20). The lowest BCUT2D eigenvalue weighted by atomic mass is 10.1. The molecule has 1 aliphatic carbocycles. The Bertz CT molecular complexity index is 757. The smallest absolute Gasteiger partial charge is 0.226 e. The molecule has 6 heteroatoms. The Morgan fingerprint density at radius 2 is 1.90 bits per heavy atom. The van der Waals surface area contributed by atoms with E-state index >= 15 is 0 Å². The molecule has 1 aromatic carbocycles. The molecule has 2 N–H and O–H groups in total. The zero-order valence-corrected chi connectivity index (χ0v) is 11.4. The van der Waals surface area contributed by atoms with Crippen LogP contribution in [-0.4, -0.2) is 26.2 Å². The predicted octanol–water partition coefficient (Wildman–Crippen LogP) is 2.59. The van der Waals surface area contributed by atoms with E-state index in [2.05, 4.69) is 49.7 Å². The zero-order valence-electron chi connectivity index (χ0n) is 10.6. The van der Waals surface area contributed by atoms with Crippen LogP contribution < -0.4 is 5.32 Å². The second-order valence-electron chi connectivity index (χ2n) is 4.99. The molecule has 0 bridgehead atoms. The summed E-state index contributed by atoms with van der Waals surface area (Å²) in [5, 5.41) is 11.4. The molecule has 4 rings (SSSR count). The number of benzene rings is 1. The normalized spacial score (nSPS) is 14.7. The van der Waals surface area contributed by atoms with Crippen molar-refractivity contribution in [1.29, 1.82) is 0 Å². The Hall–Kier alpha value is -2.14. The van der Waals surface area contributed by atoms with Crippen LogP contribution >= 0.6 is 11.6 Å². The van der Waals surface area contributed by atoms with Crippen LogP contribution in [0.15, 0.2) is 30.5 Å². The number of hydrogen-bond acceptors (Lipinski definition) is 4. The molecule has 0 atom stereocenters. The molecule has 0 amide bonds. The summed E-state index contributed by atoms with van der Waals surface area (Å²) in [5.74, 6) is 0.742. The maximum absolute atomic E-state index is 5.95. The molecule has 0 aliphatic heterocycles. The largest absolute Gasteiger partial charge is 0.366 e. The van der Waals surface area contributed by atoms with E-state index in [1.165, 1.54) is 11.1 Å². The SMILES string of the molecule is Clc1nc(NC2Cc3ccccc3C2)c2cn[nH]c2n1. The third-order valence-electron chi connectivity index (χ3n) is 3.67. The number of H-pyrrole nitrogens is 1. The van der Waals surface area contributed by atoms with E-state index in [4.69, 9.17) is 11.6 Å². The maximum Gasteiger partial charge on any atom is 0.226 e. The van der Waals surface area contributed by atoms with Crippen molar-refractivity contribution in [3.05, 3.63) is 46.9 Å². The molecule has 0 fully saturated rings. The van der Waals surface area contributed by atoms with Gasteiger partial charge in [0, 0.05) is 6.04 Å². The second kappa shape index (κ2) is 4.45. The number of aromatic amines is 1. The van der Waals surface area contributed by atoms with Gasteiger partial charge in [0.2, 0.25) is 5.28 Å². The lowest BCUT2D eigenvalue weighted by molar-refractivity contribution is 0.770. The van der Waals surface area contributed by atoms with E-state index in [1.807, 2.05) is 0 Å². The molecule has 2 aromatic heterocycles. The summed E-state index contributed by atoms with van der Waals surface area (Å²) in [6.45, 7) is 0. The molecule has 3 aromatic rings. The molecule has 0 radical (unpaired) electrons. The molecular weight excluding hydrogens is 274 g/mol. The summed E-state index contributed by atoms with van der Waals surface area (Å²) in [6.07, 6.45) is 3.71. The molecule has 0 unspecified atom stereocenters. The van der Waals surface area contributed by atoms with Crippen molar-refractivity contribution in [2.45, 2.75) is 18.9 Å². The van der Waals surface area contributed by atoms with E-state index in [0.717, 1.165) is 24.0 Å². The topological polar surface area (TPSA) is 66.5 Å². The zero-order chi connectivity index (χ0) is 13.5. The first-order valence-corrected chi connectivity index (χ1v) is 6.87. The van der Waals surface area contributed by atoms with Gasteiger partial charge < -0.3 is 5.32 Å². The van der Waals surface area contributed by atoms with E-state index < -0.39 is 0 Å². The summed E-state index contributed by atoms with van der Waals surface area (Å²) in [6, 6.07) is 8.85. The average molecular weight is 286 g/mol. The third-order valence-corrected chi connectivity index (χ3v) is 3.84. The van der Waals surface area contributed by atoms with Crippen LogP contribution in [0.1, 0.15) is 11.1 Å². The number of fused-ring (bicyclic) bond motifs is 2. The van der Waals surface area contributed by atoms with Gasteiger partial charge in [-0.3, -0.25) is 5.10 Å². The first-order valence-electron chi connectivity index (χ1n) is 6.49. The van der Waals surface area contributed by atoms with Gasteiger partial charge in [-0.15, -0.1) is 0 Å². The van der Waals surface area contributed by atoms with Crippen LogP contribution in [0.25, 0.3) is 11.0 Å². The van der Waals surface area contributed by atoms with Gasteiger partial charge in [0.05, 0.1) is 11.6 Å². The predicted molar refractivity (Wildman–Crippen MR) is 78.0 cm³/mol. The number of nitrogens with one attached hydrogen (secondary N) is 2. The highest BCUT2D eigenvalue weighted by molar-refractivity contribution is 6.28. The van der Waals surface area contributed by atoms with Crippen molar-refractivity contribution in [3.8, 4) is 0 Å². The number of halogens is 1. The van der Waals surface area contributed by atoms with Crippen LogP contribution in [0.3, 0.4) is 0 Å². The summed E-state index contributed by atoms with van der Waals surface area (Å²) in [7, 11) is 0. The molecule has 0 saturated carbocycles. The Kier molecular flexibility index (Phi) is 2.60. The van der Waals surface area contributed by atoms with E-state index in [1.54, 1.807) is 6.20 Å². The van der Waals surface area contributed by atoms with Crippen molar-refractivity contribution < 1.29 is 0 Å². The van der Waals surface area contributed by atoms with Crippen molar-refractivity contribution in [2.75, 3.05) is 5.32 Å². The highest BCUT2D eigenvalue weighted by Gasteiger charge is 2.22. The monoisotopic (exact) mass is 285 g/mol. The van der Waals surface area contributed by atoms with Crippen molar-refractivity contribution >= 4 is 28.5 Å². The van der Waals surface area contributed by atoms with Crippen LogP contribution in [0.5, 0.6) is 0 Å². The highest BCUT2D eigenvalue weighted by atomic mass is 35.5. The minimum absolute atomic E-state index is 0.222. The fourth-order valence-electron chi connectivity index (χ4n) is 2.77. The Morgan fingerprint density at radius 3 is 2.65 bits per heavy atom. The molecule has 100 valence electrons. The Balaban J connectivity index is 1.65. The van der Waals surface area contributed by atoms with Gasteiger partial charge in [0.1, 0.15) is 5.82 Å². The number of rotatable bonds is 2. The number of aromatic nitrogens is 4. The van der Waals surface area contributed by atoms with Crippen LogP contribution in [0, 0.1) is 0 Å². The van der Waals surface area contributed by atoms with Crippen molar-refractivity contribution in [2.24, 2.45) is 0 Å². The van der Waals surface area contributed by atoms with Gasteiger partial charge >= 0.3 is 0 Å². The maximum atomic E-state index is 5.95. The second-order valence-corrected chi connectivity index (χ2v) is 5.33. The third kappa shape index (κ3) is 1.91. The van der Waals surface area contributed by atoms with E-state index in [-0.39, 0.29) is 5.28 Å². The summed E-state index contributed by atoms with van der Waals surface area (Å²) in [4.78, 5) is 8.39. The fraction of sp³-hybridized carbons (Fsp3) is 0.214. The van der Waals surface area contributed by atoms with Gasteiger partial charge in [0.25, 0.3) is 0 Å². The fourth-order valence-corrected chi connectivity index (χ4v) is 2.94. The molecule has 0 spiro atoms. The van der Waals surface area contributed by atoms with Gasteiger partial charge in [-0.05, 0) is 35.6 Å². The molecule has 5 nitrogen and oxygen atoms in total. The van der Waals surface area contributed by atoms with Gasteiger partial charge in [-0.2, -0.15) is 15.1 Å². The Labute approximate surface area is 120 Å². The summed E-state index contributed by atoms with van der Waals surface area (Å²) < 4.78 is 0. The number of hydrogen-bond donors (Lipinski definition) is 2. The molecule has 20 heavy (non-hydrogen) atoms. The first-order chi connectivity index (χ1) is 9.79. The summed E-state index contributed by atoms with van der Waals surface area (Å²) >= 11 is 5.95. The molecule has 2 heterocycles. The van der Waals surface area contributed by atoms with Crippen molar-refractivity contribution in [3.63, 3.8) is 0 Å². The molecule has 1 aliphatic rings. The summed E-state index contributed by atoms with van der Waals surface area (Å²) in [5.41, 5.74) is 3.45. The van der Waals surface area contributed by atoms with Crippen LogP contribution in [0.4, 0.5) is 5.82 Å². The van der Waals surface area contributed by atoms with E-state index in [9.17, 15) is 0 Å². The van der Waals surface area contributed by atoms with Crippen molar-refractivity contribution in [1.82, 2.24) is 20.2 Å². The highest BCUT2D eigenvalue weighted by Crippen LogP contribution is 2.26. The molecular formula is C14H12ClN5. The quantitative estimate of drug-likeness (QED) is 0.710. The van der Waals surface area contributed by atoms with Gasteiger partial charge in [-0.25, -0.2) is 0 Å². The lowest BCUT2D eigenvalue weighted by Crippen LogP contribution is -2.20. The van der Waals surface area contributed by atoms with Gasteiger partial charge in [-0.1, -0.05) is 24.3 Å². The van der Waals surface area contributed by atoms with Gasteiger partial charge in [0.15, 0.2) is 5.65 Å². The Morgan fingerprint density at radius 1 is 1.15 bits per heavy atom. The van der Waals surface area contributed by atoms with Crippen LogP contribution in [0.2, 0.25) is 5.28 Å². The van der Waals surface area contributed by atoms with E-state index in [0.29, 0.717) is 11.7 Å². The lowest BCUT2D eigenvalue weighted by Gasteiger charge is -2.13. The average Bonchev–Trinajstić information content (AvgIpc) is 3.03. The first kappa shape index (κ1) is 11.7. The molecule has 0 saturated heterocycles.